The molecule has 386 valence electrons. The van der Waals surface area contributed by atoms with Gasteiger partial charge in [0, 0.05) is 130 Å². The van der Waals surface area contributed by atoms with Gasteiger partial charge in [0.05, 0.1) is 42.7 Å². The molecule has 2 aliphatic heterocycles. The van der Waals surface area contributed by atoms with Gasteiger partial charge < -0.3 is 47.5 Å². The molecule has 15 unspecified atom stereocenters. The smallest absolute Gasteiger partial charge is 0.331 e. The number of amides is 1. The first-order valence-corrected chi connectivity index (χ1v) is 24.3. The Morgan fingerprint density at radius 3 is 2.00 bits per heavy atom. The summed E-state index contributed by atoms with van der Waals surface area (Å²) >= 11 is 0. The number of fused-ring (bicyclic) bond motifs is 2. The minimum Gasteiger partial charge on any atom is -0.458 e. The van der Waals surface area contributed by atoms with E-state index >= 15 is 0 Å². The van der Waals surface area contributed by atoms with Crippen LogP contribution in [0.2, 0.25) is 0 Å². The van der Waals surface area contributed by atoms with Crippen LogP contribution in [0, 0.1) is 35.5 Å². The Bertz CT molecular complexity index is 1700. The summed E-state index contributed by atoms with van der Waals surface area (Å²) in [6.07, 6.45) is 20.1. The van der Waals surface area contributed by atoms with Crippen LogP contribution in [-0.4, -0.2) is 141 Å². The normalized spacial score (nSPS) is 30.7. The third-order valence-electron chi connectivity index (χ3n) is 13.9. The Balaban J connectivity index is 2.49. The van der Waals surface area contributed by atoms with Crippen LogP contribution in [0.4, 0.5) is 0 Å². The van der Waals surface area contributed by atoms with Gasteiger partial charge in [-0.2, -0.15) is 0 Å². The van der Waals surface area contributed by atoms with Gasteiger partial charge in [-0.1, -0.05) is 95.2 Å². The molecular weight excluding hydrogens is 871 g/mol. The van der Waals surface area contributed by atoms with E-state index in [9.17, 15) is 19.2 Å². The van der Waals surface area contributed by atoms with Crippen molar-refractivity contribution >= 4 is 24.1 Å². The highest BCUT2D eigenvalue weighted by Crippen LogP contribution is 2.33. The summed E-state index contributed by atoms with van der Waals surface area (Å²) in [6.45, 7) is 14.1. The SMILES string of the molecule is COC1C=CC(C)C(OC)CC(OC)/C=C\C(C)C(C(C)C(OC)C(C)CCC(=O)C(C)C(C/C=C/N(C)C=O)OC)OC(=O)/C=C\C=C(C)CC(OC)CC2=CC(=O)OC(C2)C(C)C(OC)C1. The van der Waals surface area contributed by atoms with Gasteiger partial charge in [-0.3, -0.25) is 9.59 Å². The fourth-order valence-electron chi connectivity index (χ4n) is 9.37. The Kier molecular flexibility index (Phi) is 28.6. The molecule has 0 aromatic carbocycles. The van der Waals surface area contributed by atoms with E-state index in [-0.39, 0.29) is 96.1 Å². The van der Waals surface area contributed by atoms with Crippen LogP contribution in [0.3, 0.4) is 0 Å². The van der Waals surface area contributed by atoms with E-state index in [1.54, 1.807) is 75.2 Å². The zero-order chi connectivity index (χ0) is 50.9. The number of rotatable bonds is 19. The minimum absolute atomic E-state index is 0.0107. The molecule has 15 atom stereocenters. The van der Waals surface area contributed by atoms with Crippen molar-refractivity contribution in [1.29, 1.82) is 0 Å². The summed E-state index contributed by atoms with van der Waals surface area (Å²) in [6, 6.07) is 0. The van der Waals surface area contributed by atoms with Gasteiger partial charge in [0.15, 0.2) is 0 Å². The average Bonchev–Trinajstić information content (AvgIpc) is 3.32. The van der Waals surface area contributed by atoms with Crippen molar-refractivity contribution in [3.8, 4) is 0 Å². The second-order valence-electron chi connectivity index (χ2n) is 18.9. The average molecular weight is 958 g/mol. The molecule has 2 heterocycles. The number of hydrogen-bond acceptors (Lipinski definition) is 13. The topological polar surface area (TPSA) is 155 Å². The number of esters is 2. The van der Waals surface area contributed by atoms with Crippen LogP contribution in [0.5, 0.6) is 0 Å². The van der Waals surface area contributed by atoms with Crippen LogP contribution in [0.15, 0.2) is 72.0 Å². The van der Waals surface area contributed by atoms with Crippen molar-refractivity contribution in [2.75, 3.05) is 56.8 Å². The predicted octanol–water partition coefficient (Wildman–Crippen LogP) is 8.59. The van der Waals surface area contributed by atoms with Gasteiger partial charge in [-0.05, 0) is 38.5 Å². The standard InChI is InChI=1S/C54H87NO13/c1-35-18-16-20-51(58)68-54(41(7)53(66-15)37(3)23-26-46(57)39(5)47(63-12)19-17-27-55(8)34-56)38(4)22-25-43(60-9)32-48(64-13)36(2)21-24-44(61-10)33-49(65-14)40(6)50-30-42(31-52(59)67-50)29-45(28-35)62-11/h16-18,20-22,24-25,27,31,34,36-41,43-45,47-50,53-54H,19,23,26,28-30,32-33H2,1-15H3/b20-16-,24-21?,25-22-,27-17+,35-18?. The monoisotopic (exact) mass is 958 g/mol. The molecule has 0 N–H and O–H groups in total. The largest absolute Gasteiger partial charge is 0.458 e. The van der Waals surface area contributed by atoms with Gasteiger partial charge in [0.1, 0.15) is 18.0 Å². The third-order valence-corrected chi connectivity index (χ3v) is 13.9. The molecule has 0 aliphatic carbocycles. The van der Waals surface area contributed by atoms with E-state index in [4.69, 9.17) is 42.6 Å². The summed E-state index contributed by atoms with van der Waals surface area (Å²) < 4.78 is 53.8. The molecule has 0 saturated heterocycles. The predicted molar refractivity (Wildman–Crippen MR) is 264 cm³/mol. The summed E-state index contributed by atoms with van der Waals surface area (Å²) in [7, 11) is 13.3. The molecule has 14 heteroatoms. The number of allylic oxidation sites excluding steroid dienone is 2. The first kappa shape index (κ1) is 60.4. The molecule has 0 aromatic rings. The molecule has 0 aromatic heterocycles. The summed E-state index contributed by atoms with van der Waals surface area (Å²) in [5, 5.41) is 0. The highest BCUT2D eigenvalue weighted by Gasteiger charge is 2.37. The highest BCUT2D eigenvalue weighted by atomic mass is 16.6. The number of methoxy groups -OCH3 is 7. The van der Waals surface area contributed by atoms with E-state index < -0.39 is 12.1 Å². The fraction of sp³-hybridized carbons (Fsp3) is 0.704. The van der Waals surface area contributed by atoms with Crippen LogP contribution in [-0.2, 0) is 61.8 Å². The Labute approximate surface area is 408 Å². The van der Waals surface area contributed by atoms with Gasteiger partial charge in [0.2, 0.25) is 6.41 Å². The molecule has 0 radical (unpaired) electrons. The molecule has 0 saturated carbocycles. The highest BCUT2D eigenvalue weighted by molar-refractivity contribution is 5.84. The van der Waals surface area contributed by atoms with Crippen LogP contribution in [0.1, 0.15) is 99.8 Å². The zero-order valence-electron chi connectivity index (χ0n) is 43.9. The van der Waals surface area contributed by atoms with Crippen molar-refractivity contribution in [1.82, 2.24) is 4.90 Å². The lowest BCUT2D eigenvalue weighted by Crippen LogP contribution is -2.41. The number of ketones is 1. The number of carbonyl (C=O) groups is 4. The minimum atomic E-state index is -0.609. The van der Waals surface area contributed by atoms with Gasteiger partial charge in [0.25, 0.3) is 0 Å². The third kappa shape index (κ3) is 20.3. The maximum absolute atomic E-state index is 13.7. The second kappa shape index (κ2) is 32.2. The lowest BCUT2D eigenvalue weighted by atomic mass is 9.81. The van der Waals surface area contributed by atoms with E-state index in [1.807, 2.05) is 65.0 Å². The van der Waals surface area contributed by atoms with Gasteiger partial charge in [-0.15, -0.1) is 0 Å². The first-order chi connectivity index (χ1) is 32.4. The van der Waals surface area contributed by atoms with Crippen molar-refractivity contribution in [2.45, 2.75) is 155 Å². The van der Waals surface area contributed by atoms with Gasteiger partial charge in [-0.25, -0.2) is 9.59 Å². The maximum Gasteiger partial charge on any atom is 0.331 e. The summed E-state index contributed by atoms with van der Waals surface area (Å²) in [5.74, 6) is -1.91. The Morgan fingerprint density at radius 1 is 0.794 bits per heavy atom. The number of ether oxygens (including phenoxy) is 9. The molecule has 2 rings (SSSR count). The van der Waals surface area contributed by atoms with E-state index in [0.29, 0.717) is 57.8 Å². The van der Waals surface area contributed by atoms with Crippen molar-refractivity contribution in [3.05, 3.63) is 72.0 Å². The Hall–Kier alpha value is -3.76. The molecule has 0 spiro atoms. The molecule has 68 heavy (non-hydrogen) atoms. The molecule has 2 aliphatic rings. The summed E-state index contributed by atoms with van der Waals surface area (Å²) in [4.78, 5) is 52.5. The van der Waals surface area contributed by atoms with E-state index in [1.165, 1.54) is 11.0 Å². The number of cyclic esters (lactones) is 1. The summed E-state index contributed by atoms with van der Waals surface area (Å²) in [5.41, 5.74) is 1.93. The lowest BCUT2D eigenvalue weighted by molar-refractivity contribution is -0.152. The van der Waals surface area contributed by atoms with Crippen molar-refractivity contribution < 1.29 is 61.8 Å². The van der Waals surface area contributed by atoms with Crippen LogP contribution in [0.25, 0.3) is 0 Å². The van der Waals surface area contributed by atoms with Crippen molar-refractivity contribution in [2.24, 2.45) is 35.5 Å². The van der Waals surface area contributed by atoms with Gasteiger partial charge >= 0.3 is 11.9 Å². The van der Waals surface area contributed by atoms with Crippen molar-refractivity contribution in [3.63, 3.8) is 0 Å². The van der Waals surface area contributed by atoms with Crippen LogP contribution >= 0.6 is 0 Å². The lowest BCUT2D eigenvalue weighted by Gasteiger charge is -2.35. The number of carbonyl (C=O) groups excluding carboxylic acids is 4. The number of nitrogens with zero attached hydrogens (tertiary/aromatic N) is 1. The second-order valence-corrected chi connectivity index (χ2v) is 18.9. The zero-order valence-corrected chi connectivity index (χ0v) is 43.9. The molecule has 14 nitrogen and oxygen atoms in total. The maximum atomic E-state index is 13.7. The number of Topliss-reactive ketones (excluding diaryl/α,β-unsaturated/α-hetero) is 1. The molecule has 1 amide bonds. The van der Waals surface area contributed by atoms with E-state index in [0.717, 1.165) is 11.1 Å². The quantitative estimate of drug-likeness (QED) is 0.0691. The number of hydrogen-bond donors (Lipinski definition) is 0. The fourth-order valence-corrected chi connectivity index (χ4v) is 9.37. The molecule has 2 bridgehead atoms. The molecule has 0 fully saturated rings. The first-order valence-electron chi connectivity index (χ1n) is 24.3. The molecular formula is C54H87NO13. The Morgan fingerprint density at radius 2 is 1.43 bits per heavy atom. The van der Waals surface area contributed by atoms with E-state index in [2.05, 4.69) is 19.9 Å². The van der Waals surface area contributed by atoms with Crippen LogP contribution < -0.4 is 0 Å².